The molecule has 1 rings (SSSR count). The minimum absolute atomic E-state index is 0.00162. The van der Waals surface area contributed by atoms with Crippen molar-refractivity contribution in [3.63, 3.8) is 0 Å². The van der Waals surface area contributed by atoms with E-state index in [0.717, 1.165) is 6.54 Å². The van der Waals surface area contributed by atoms with Gasteiger partial charge in [-0.05, 0) is 25.2 Å². The molecule has 1 unspecified atom stereocenters. The van der Waals surface area contributed by atoms with Gasteiger partial charge in [-0.1, -0.05) is 40.0 Å². The SMILES string of the molecule is CCN(C(=O)CC(N)C(C)(C)C)C1CCCCC1. The van der Waals surface area contributed by atoms with Crippen molar-refractivity contribution in [1.29, 1.82) is 0 Å². The van der Waals surface area contributed by atoms with Crippen molar-refractivity contribution in [3.8, 4) is 0 Å². The number of amides is 1. The smallest absolute Gasteiger partial charge is 0.224 e. The van der Waals surface area contributed by atoms with Crippen LogP contribution in [-0.2, 0) is 4.79 Å². The summed E-state index contributed by atoms with van der Waals surface area (Å²) < 4.78 is 0. The van der Waals surface area contributed by atoms with Gasteiger partial charge in [0.2, 0.25) is 5.91 Å². The Balaban J connectivity index is 2.56. The Hall–Kier alpha value is -0.570. The number of carbonyl (C=O) groups excluding carboxylic acids is 1. The van der Waals surface area contributed by atoms with Crippen molar-refractivity contribution in [2.24, 2.45) is 11.1 Å². The second kappa shape index (κ2) is 6.55. The van der Waals surface area contributed by atoms with Crippen LogP contribution in [0.4, 0.5) is 0 Å². The Morgan fingerprint density at radius 2 is 1.83 bits per heavy atom. The fourth-order valence-electron chi connectivity index (χ4n) is 2.64. The van der Waals surface area contributed by atoms with Gasteiger partial charge < -0.3 is 10.6 Å². The van der Waals surface area contributed by atoms with E-state index in [9.17, 15) is 4.79 Å². The zero-order valence-corrected chi connectivity index (χ0v) is 12.5. The highest BCUT2D eigenvalue weighted by atomic mass is 16.2. The molecular formula is C15H30N2O. The predicted molar refractivity (Wildman–Crippen MR) is 76.3 cm³/mol. The van der Waals surface area contributed by atoms with Crippen molar-refractivity contribution in [3.05, 3.63) is 0 Å². The molecule has 0 aromatic carbocycles. The van der Waals surface area contributed by atoms with E-state index in [-0.39, 0.29) is 17.4 Å². The Kier molecular flexibility index (Phi) is 5.64. The average Bonchev–Trinajstić information content (AvgIpc) is 2.30. The number of hydrogen-bond donors (Lipinski definition) is 1. The van der Waals surface area contributed by atoms with Crippen molar-refractivity contribution < 1.29 is 4.79 Å². The van der Waals surface area contributed by atoms with Gasteiger partial charge in [0.25, 0.3) is 0 Å². The number of hydrogen-bond acceptors (Lipinski definition) is 2. The van der Waals surface area contributed by atoms with E-state index in [0.29, 0.717) is 12.5 Å². The summed E-state index contributed by atoms with van der Waals surface area (Å²) in [7, 11) is 0. The molecule has 0 aromatic rings. The molecule has 18 heavy (non-hydrogen) atoms. The van der Waals surface area contributed by atoms with Crippen molar-refractivity contribution in [2.45, 2.75) is 78.3 Å². The molecular weight excluding hydrogens is 224 g/mol. The van der Waals surface area contributed by atoms with Crippen molar-refractivity contribution >= 4 is 5.91 Å². The molecule has 2 N–H and O–H groups in total. The minimum atomic E-state index is -0.0531. The topological polar surface area (TPSA) is 46.3 Å². The van der Waals surface area contributed by atoms with Crippen LogP contribution in [0.3, 0.4) is 0 Å². The van der Waals surface area contributed by atoms with E-state index in [1.165, 1.54) is 32.1 Å². The van der Waals surface area contributed by atoms with Gasteiger partial charge in [-0.3, -0.25) is 4.79 Å². The molecule has 106 valence electrons. The van der Waals surface area contributed by atoms with Crippen LogP contribution in [0.15, 0.2) is 0 Å². The van der Waals surface area contributed by atoms with E-state index in [4.69, 9.17) is 5.73 Å². The number of nitrogens with two attached hydrogens (primary N) is 1. The standard InChI is InChI=1S/C15H30N2O/c1-5-17(12-9-7-6-8-10-12)14(18)11-13(16)15(2,3)4/h12-13H,5-11,16H2,1-4H3. The second-order valence-corrected chi connectivity index (χ2v) is 6.65. The van der Waals surface area contributed by atoms with Crippen LogP contribution >= 0.6 is 0 Å². The van der Waals surface area contributed by atoms with Crippen LogP contribution in [-0.4, -0.2) is 29.4 Å². The Labute approximate surface area is 112 Å². The van der Waals surface area contributed by atoms with Crippen molar-refractivity contribution in [2.75, 3.05) is 6.54 Å². The molecule has 0 saturated heterocycles. The predicted octanol–water partition coefficient (Wildman–Crippen LogP) is 2.93. The molecule has 1 atom stereocenters. The third kappa shape index (κ3) is 4.27. The third-order valence-corrected chi connectivity index (χ3v) is 4.18. The average molecular weight is 254 g/mol. The summed E-state index contributed by atoms with van der Waals surface area (Å²) in [4.78, 5) is 14.4. The molecule has 1 amide bonds. The van der Waals surface area contributed by atoms with Gasteiger partial charge in [-0.15, -0.1) is 0 Å². The molecule has 1 saturated carbocycles. The first-order chi connectivity index (χ1) is 8.36. The molecule has 0 heterocycles. The maximum absolute atomic E-state index is 12.4. The Morgan fingerprint density at radius 3 is 2.28 bits per heavy atom. The first kappa shape index (κ1) is 15.5. The fraction of sp³-hybridized carbons (Fsp3) is 0.933. The monoisotopic (exact) mass is 254 g/mol. The quantitative estimate of drug-likeness (QED) is 0.838. The molecule has 0 aromatic heterocycles. The summed E-state index contributed by atoms with van der Waals surface area (Å²) in [5.41, 5.74) is 6.13. The van der Waals surface area contributed by atoms with Crippen LogP contribution in [0.5, 0.6) is 0 Å². The second-order valence-electron chi connectivity index (χ2n) is 6.65. The van der Waals surface area contributed by atoms with Crippen LogP contribution in [0, 0.1) is 5.41 Å². The van der Waals surface area contributed by atoms with Crippen LogP contribution in [0.25, 0.3) is 0 Å². The molecule has 1 aliphatic rings. The molecule has 1 fully saturated rings. The number of carbonyl (C=O) groups is 1. The summed E-state index contributed by atoms with van der Waals surface area (Å²) >= 11 is 0. The van der Waals surface area contributed by atoms with E-state index in [1.807, 2.05) is 0 Å². The highest BCUT2D eigenvalue weighted by Crippen LogP contribution is 2.25. The zero-order valence-electron chi connectivity index (χ0n) is 12.5. The van der Waals surface area contributed by atoms with Crippen LogP contribution in [0.2, 0.25) is 0 Å². The minimum Gasteiger partial charge on any atom is -0.340 e. The first-order valence-electron chi connectivity index (χ1n) is 7.41. The summed E-state index contributed by atoms with van der Waals surface area (Å²) in [6, 6.07) is 0.408. The maximum Gasteiger partial charge on any atom is 0.224 e. The van der Waals surface area contributed by atoms with Gasteiger partial charge in [0.15, 0.2) is 0 Å². The molecule has 1 aliphatic carbocycles. The van der Waals surface area contributed by atoms with Gasteiger partial charge in [-0.2, -0.15) is 0 Å². The molecule has 0 aliphatic heterocycles. The third-order valence-electron chi connectivity index (χ3n) is 4.18. The summed E-state index contributed by atoms with van der Waals surface area (Å²) in [6.07, 6.45) is 6.67. The highest BCUT2D eigenvalue weighted by Gasteiger charge is 2.28. The van der Waals surface area contributed by atoms with Gasteiger partial charge in [0, 0.05) is 25.0 Å². The Morgan fingerprint density at radius 1 is 1.28 bits per heavy atom. The molecule has 3 nitrogen and oxygen atoms in total. The normalized spacial score (nSPS) is 19.6. The van der Waals surface area contributed by atoms with Gasteiger partial charge in [0.1, 0.15) is 0 Å². The van der Waals surface area contributed by atoms with Crippen LogP contribution < -0.4 is 5.73 Å². The Bertz CT molecular complexity index is 264. The molecule has 0 spiro atoms. The summed E-state index contributed by atoms with van der Waals surface area (Å²) in [5.74, 6) is 0.242. The van der Waals surface area contributed by atoms with Gasteiger partial charge >= 0.3 is 0 Å². The highest BCUT2D eigenvalue weighted by molar-refractivity contribution is 5.77. The van der Waals surface area contributed by atoms with E-state index >= 15 is 0 Å². The van der Waals surface area contributed by atoms with Gasteiger partial charge in [-0.25, -0.2) is 0 Å². The lowest BCUT2D eigenvalue weighted by molar-refractivity contribution is -0.134. The molecule has 0 bridgehead atoms. The lowest BCUT2D eigenvalue weighted by Gasteiger charge is -2.35. The number of nitrogens with zero attached hydrogens (tertiary/aromatic N) is 1. The maximum atomic E-state index is 12.4. The van der Waals surface area contributed by atoms with E-state index < -0.39 is 0 Å². The zero-order chi connectivity index (χ0) is 13.8. The summed E-state index contributed by atoms with van der Waals surface area (Å²) in [5, 5.41) is 0. The van der Waals surface area contributed by atoms with Crippen molar-refractivity contribution in [1.82, 2.24) is 4.90 Å². The largest absolute Gasteiger partial charge is 0.340 e. The number of rotatable bonds is 4. The first-order valence-corrected chi connectivity index (χ1v) is 7.41. The van der Waals surface area contributed by atoms with Gasteiger partial charge in [0.05, 0.1) is 0 Å². The lowest BCUT2D eigenvalue weighted by atomic mass is 9.85. The summed E-state index contributed by atoms with van der Waals surface area (Å²) in [6.45, 7) is 9.20. The molecule has 3 heteroatoms. The van der Waals surface area contributed by atoms with E-state index in [1.54, 1.807) is 0 Å². The molecule has 0 radical (unpaired) electrons. The van der Waals surface area contributed by atoms with Crippen LogP contribution in [0.1, 0.15) is 66.2 Å². The fourth-order valence-corrected chi connectivity index (χ4v) is 2.64. The lowest BCUT2D eigenvalue weighted by Crippen LogP contribution is -2.46. The van der Waals surface area contributed by atoms with E-state index in [2.05, 4.69) is 32.6 Å².